The summed E-state index contributed by atoms with van der Waals surface area (Å²) < 4.78 is 15.1. The second-order valence-electron chi connectivity index (χ2n) is 10.9. The fourth-order valence-corrected chi connectivity index (χ4v) is 3.85. The van der Waals surface area contributed by atoms with Crippen LogP contribution in [-0.4, -0.2) is 229 Å². The Morgan fingerprint density at radius 1 is 0.553 bits per heavy atom. The number of rotatable bonds is 27. The van der Waals surface area contributed by atoms with E-state index in [0.717, 1.165) is 4.90 Å². The average Bonchev–Trinajstić information content (AvgIpc) is 3.03. The highest BCUT2D eigenvalue weighted by atomic mass is 16.6. The fraction of sp³-hybridized carbons (Fsp3) is 0.923. The van der Waals surface area contributed by atoms with Gasteiger partial charge in [-0.2, -0.15) is 0 Å². The van der Waals surface area contributed by atoms with Crippen molar-refractivity contribution in [2.75, 3.05) is 79.0 Å². The molecule has 11 atom stereocenters. The van der Waals surface area contributed by atoms with Gasteiger partial charge in [0, 0.05) is 39.6 Å². The van der Waals surface area contributed by atoms with E-state index in [0.29, 0.717) is 0 Å². The predicted octanol–water partition coefficient (Wildman–Crippen LogP) is -8.86. The maximum atomic E-state index is 11.5. The quantitative estimate of drug-likeness (QED) is 0.0355. The lowest BCUT2D eigenvalue weighted by Gasteiger charge is -2.34. The Kier molecular flexibility index (Phi) is 24.1. The summed E-state index contributed by atoms with van der Waals surface area (Å²) >= 11 is 0. The first-order valence-electron chi connectivity index (χ1n) is 14.8. The van der Waals surface area contributed by atoms with Gasteiger partial charge in [0.25, 0.3) is 0 Å². The molecule has 0 aromatic carbocycles. The van der Waals surface area contributed by atoms with Crippen LogP contribution in [0.2, 0.25) is 0 Å². The molecule has 0 aromatic rings. The van der Waals surface area contributed by atoms with Crippen LogP contribution in [0, 0.1) is 0 Å². The van der Waals surface area contributed by atoms with Crippen molar-refractivity contribution < 1.29 is 90.2 Å². The van der Waals surface area contributed by atoms with E-state index in [1.165, 1.54) is 6.92 Å². The number of hydrogen-bond acceptors (Lipinski definition) is 19. The van der Waals surface area contributed by atoms with Crippen LogP contribution >= 0.6 is 0 Å². The largest absolute Gasteiger partial charge is 0.447 e. The second-order valence-corrected chi connectivity index (χ2v) is 10.9. The number of hydrogen-bond donors (Lipinski definition) is 15. The number of ether oxygens (including phenoxy) is 3. The van der Waals surface area contributed by atoms with Crippen molar-refractivity contribution in [1.29, 1.82) is 0 Å². The van der Waals surface area contributed by atoms with E-state index in [-0.39, 0.29) is 38.8 Å². The van der Waals surface area contributed by atoms with Crippen molar-refractivity contribution in [3.63, 3.8) is 0 Å². The van der Waals surface area contributed by atoms with Gasteiger partial charge in [-0.05, 0) is 0 Å². The van der Waals surface area contributed by atoms with E-state index in [2.05, 4.69) is 10.6 Å². The average molecular weight is 696 g/mol. The maximum Gasteiger partial charge on any atom is 0.407 e. The lowest BCUT2D eigenvalue weighted by molar-refractivity contribution is -0.133. The summed E-state index contributed by atoms with van der Waals surface area (Å²) in [6.45, 7) is -3.72. The zero-order valence-electron chi connectivity index (χ0n) is 26.1. The summed E-state index contributed by atoms with van der Waals surface area (Å²) in [6, 6.07) is 0. The van der Waals surface area contributed by atoms with Gasteiger partial charge in [0.15, 0.2) is 0 Å². The van der Waals surface area contributed by atoms with Gasteiger partial charge in [-0.1, -0.05) is 0 Å². The Labute approximate surface area is 271 Å². The number of carbonyl (C=O) groups excluding carboxylic acids is 2. The zero-order chi connectivity index (χ0) is 36.1. The summed E-state index contributed by atoms with van der Waals surface area (Å²) in [5.74, 6) is -0.267. The summed E-state index contributed by atoms with van der Waals surface area (Å²) in [5.41, 5.74) is 0. The van der Waals surface area contributed by atoms with Crippen molar-refractivity contribution in [2.24, 2.45) is 0 Å². The number of alkyl carbamates (subject to hydrolysis) is 1. The van der Waals surface area contributed by atoms with Gasteiger partial charge in [0.2, 0.25) is 5.91 Å². The third-order valence-corrected chi connectivity index (χ3v) is 6.43. The van der Waals surface area contributed by atoms with E-state index in [1.807, 2.05) is 0 Å². The van der Waals surface area contributed by atoms with Crippen molar-refractivity contribution in [3.05, 3.63) is 0 Å². The Hall–Kier alpha value is -1.90. The number of aliphatic hydroxyl groups excluding tert-OH is 13. The molecule has 21 nitrogen and oxygen atoms in total. The topological polar surface area (TPSA) is 352 Å². The molecule has 21 heteroatoms. The molecule has 0 aliphatic rings. The molecule has 0 saturated heterocycles. The standard InChI is InChI=1S/C26H53N3O18/c1-14(32)27-2-3-28-26(44)47-13-17(35)12-46-11-16(34)10-45-9-15(33)4-29(5-18(36)22(40)24(42)20(38)7-30)6-19(37)23(41)25(43)21(39)8-31/h15-25,30-31,33-43H,2-13H2,1H3,(H,27,32)(H,28,44)/t15?,16?,17?,18-,19-,20+,21+,22+,23+,24+,25+/m0/s1. The number of nitrogens with zero attached hydrogens (tertiary/aromatic N) is 1. The molecule has 15 N–H and O–H groups in total. The number of nitrogens with one attached hydrogen (secondary N) is 2. The molecule has 0 radical (unpaired) electrons. The summed E-state index contributed by atoms with van der Waals surface area (Å²) in [7, 11) is 0. The molecule has 0 rings (SSSR count). The first kappa shape index (κ1) is 45.1. The molecule has 0 aliphatic carbocycles. The first-order chi connectivity index (χ1) is 22.0. The smallest absolute Gasteiger partial charge is 0.407 e. The van der Waals surface area contributed by atoms with Crippen molar-refractivity contribution in [1.82, 2.24) is 15.5 Å². The van der Waals surface area contributed by atoms with Gasteiger partial charge in [-0.25, -0.2) is 4.79 Å². The molecular formula is C26H53N3O18. The van der Waals surface area contributed by atoms with Gasteiger partial charge in [0.05, 0.1) is 58.0 Å². The van der Waals surface area contributed by atoms with Crippen LogP contribution in [0.25, 0.3) is 0 Å². The van der Waals surface area contributed by atoms with E-state index in [9.17, 15) is 65.8 Å². The molecule has 0 bridgehead atoms. The molecule has 0 saturated carbocycles. The monoisotopic (exact) mass is 695 g/mol. The first-order valence-corrected chi connectivity index (χ1v) is 14.8. The third-order valence-electron chi connectivity index (χ3n) is 6.43. The van der Waals surface area contributed by atoms with Crippen LogP contribution < -0.4 is 10.6 Å². The Bertz CT molecular complexity index is 804. The Balaban J connectivity index is 4.79. The molecule has 47 heavy (non-hydrogen) atoms. The molecule has 280 valence electrons. The van der Waals surface area contributed by atoms with Gasteiger partial charge >= 0.3 is 6.09 Å². The Morgan fingerprint density at radius 2 is 0.936 bits per heavy atom. The minimum atomic E-state index is -2.00. The molecule has 3 unspecified atom stereocenters. The molecule has 0 fully saturated rings. The van der Waals surface area contributed by atoms with Crippen molar-refractivity contribution in [3.8, 4) is 0 Å². The van der Waals surface area contributed by atoms with Crippen molar-refractivity contribution in [2.45, 2.75) is 74.1 Å². The summed E-state index contributed by atoms with van der Waals surface area (Å²) in [5, 5.41) is 133. The van der Waals surface area contributed by atoms with Crippen LogP contribution in [0.5, 0.6) is 0 Å². The summed E-state index contributed by atoms with van der Waals surface area (Å²) in [4.78, 5) is 23.4. The minimum Gasteiger partial charge on any atom is -0.447 e. The van der Waals surface area contributed by atoms with Crippen molar-refractivity contribution >= 4 is 12.0 Å². The van der Waals surface area contributed by atoms with Crippen LogP contribution in [-0.2, 0) is 19.0 Å². The zero-order valence-corrected chi connectivity index (χ0v) is 26.1. The van der Waals surface area contributed by atoms with Crippen LogP contribution in [0.3, 0.4) is 0 Å². The SMILES string of the molecule is CC(=O)NCCNC(=O)OCC(O)COCC(O)COCC(O)CN(C[C@H](O)[C@@H](O)[C@H](O)[C@H](O)CO)C[C@H](O)[C@@H](O)[C@H](O)[C@H](O)CO. The van der Waals surface area contributed by atoms with E-state index in [1.54, 1.807) is 0 Å². The minimum absolute atomic E-state index is 0.112. The highest BCUT2D eigenvalue weighted by Crippen LogP contribution is 2.11. The number of carbonyl (C=O) groups is 2. The number of amides is 2. The molecule has 0 aliphatic heterocycles. The van der Waals surface area contributed by atoms with Gasteiger partial charge < -0.3 is 91.2 Å². The molecule has 0 aromatic heterocycles. The van der Waals surface area contributed by atoms with Crippen LogP contribution in [0.1, 0.15) is 6.92 Å². The Morgan fingerprint density at radius 3 is 1.36 bits per heavy atom. The summed E-state index contributed by atoms with van der Waals surface area (Å²) in [6.07, 6.45) is -19.9. The van der Waals surface area contributed by atoms with Gasteiger partial charge in [-0.3, -0.25) is 9.69 Å². The lowest BCUT2D eigenvalue weighted by atomic mass is 10.0. The third kappa shape index (κ3) is 20.3. The van der Waals surface area contributed by atoms with Gasteiger partial charge in [-0.15, -0.1) is 0 Å². The molecule has 0 heterocycles. The molecule has 2 amide bonds. The fourth-order valence-electron chi connectivity index (χ4n) is 3.85. The highest BCUT2D eigenvalue weighted by Gasteiger charge is 2.34. The van der Waals surface area contributed by atoms with Gasteiger partial charge in [0.1, 0.15) is 55.4 Å². The van der Waals surface area contributed by atoms with E-state index >= 15 is 0 Å². The molecule has 0 spiro atoms. The predicted molar refractivity (Wildman–Crippen MR) is 156 cm³/mol. The molecular weight excluding hydrogens is 642 g/mol. The second kappa shape index (κ2) is 25.1. The van der Waals surface area contributed by atoms with E-state index in [4.69, 9.17) is 24.4 Å². The van der Waals surface area contributed by atoms with Crippen LogP contribution in [0.4, 0.5) is 4.79 Å². The van der Waals surface area contributed by atoms with E-state index < -0.39 is 119 Å². The lowest BCUT2D eigenvalue weighted by Crippen LogP contribution is -2.54. The highest BCUT2D eigenvalue weighted by molar-refractivity contribution is 5.73. The number of aliphatic hydroxyl groups is 13. The normalized spacial score (nSPS) is 19.0. The van der Waals surface area contributed by atoms with Crippen LogP contribution in [0.15, 0.2) is 0 Å². The maximum absolute atomic E-state index is 11.5.